The molecular formula is C17H17FN2O5. The van der Waals surface area contributed by atoms with Crippen LogP contribution in [0, 0.1) is 5.82 Å². The Labute approximate surface area is 143 Å². The van der Waals surface area contributed by atoms with Crippen LogP contribution >= 0.6 is 0 Å². The molecule has 1 atom stereocenters. The van der Waals surface area contributed by atoms with Crippen LogP contribution in [0.15, 0.2) is 48.5 Å². The summed E-state index contributed by atoms with van der Waals surface area (Å²) in [6.45, 7) is 0.569. The summed E-state index contributed by atoms with van der Waals surface area (Å²) in [5.74, 6) is -0.146. The van der Waals surface area contributed by atoms with Gasteiger partial charge in [0.25, 0.3) is 5.91 Å². The second-order valence-corrected chi connectivity index (χ2v) is 5.45. The van der Waals surface area contributed by atoms with E-state index in [4.69, 9.17) is 9.84 Å². The largest absolute Gasteiger partial charge is 0.465 e. The number of aliphatic hydroxyl groups is 1. The number of benzene rings is 2. The summed E-state index contributed by atoms with van der Waals surface area (Å²) >= 11 is 0. The fraction of sp³-hybridized carbons (Fsp3) is 0.176. The van der Waals surface area contributed by atoms with Gasteiger partial charge in [0.15, 0.2) is 0 Å². The molecule has 132 valence electrons. The fourth-order valence-electron chi connectivity index (χ4n) is 1.92. The Morgan fingerprint density at radius 1 is 1.08 bits per heavy atom. The van der Waals surface area contributed by atoms with Crippen LogP contribution in [0.2, 0.25) is 0 Å². The number of carbonyl (C=O) groups excluding carboxylic acids is 1. The topological polar surface area (TPSA) is 108 Å². The van der Waals surface area contributed by atoms with Crippen molar-refractivity contribution in [3.63, 3.8) is 0 Å². The van der Waals surface area contributed by atoms with Gasteiger partial charge in [0, 0.05) is 5.69 Å². The first-order chi connectivity index (χ1) is 11.8. The van der Waals surface area contributed by atoms with Gasteiger partial charge in [-0.05, 0) is 55.5 Å². The second kappa shape index (κ2) is 7.63. The number of rotatable bonds is 6. The minimum absolute atomic E-state index is 0.368. The van der Waals surface area contributed by atoms with Crippen LogP contribution in [0.3, 0.4) is 0 Å². The molecule has 8 heteroatoms. The van der Waals surface area contributed by atoms with Crippen LogP contribution in [0.1, 0.15) is 6.92 Å². The van der Waals surface area contributed by atoms with Crippen molar-refractivity contribution in [1.82, 2.24) is 5.32 Å². The van der Waals surface area contributed by atoms with Gasteiger partial charge in [0.2, 0.25) is 0 Å². The molecule has 4 N–H and O–H groups in total. The van der Waals surface area contributed by atoms with Crippen molar-refractivity contribution < 1.29 is 28.9 Å². The number of nitrogens with one attached hydrogen (secondary N) is 2. The lowest BCUT2D eigenvalue weighted by atomic mass is 10.0. The molecule has 25 heavy (non-hydrogen) atoms. The SMILES string of the molecule is C[C@@](CO)(NC(=O)O)C(=O)Nc1ccc(Oc2ccc(F)cc2)cc1. The zero-order chi connectivity index (χ0) is 18.4. The minimum atomic E-state index is -1.67. The molecule has 0 aliphatic rings. The van der Waals surface area contributed by atoms with Gasteiger partial charge in [-0.2, -0.15) is 0 Å². The van der Waals surface area contributed by atoms with Gasteiger partial charge >= 0.3 is 6.09 Å². The predicted octanol–water partition coefficient (Wildman–Crippen LogP) is 2.58. The van der Waals surface area contributed by atoms with E-state index in [-0.39, 0.29) is 5.82 Å². The molecule has 0 aliphatic carbocycles. The van der Waals surface area contributed by atoms with Gasteiger partial charge in [0.05, 0.1) is 6.61 Å². The highest BCUT2D eigenvalue weighted by Crippen LogP contribution is 2.23. The second-order valence-electron chi connectivity index (χ2n) is 5.45. The number of halogens is 1. The van der Waals surface area contributed by atoms with Crippen LogP contribution in [-0.2, 0) is 4.79 Å². The van der Waals surface area contributed by atoms with Crippen molar-refractivity contribution in [1.29, 1.82) is 0 Å². The maximum atomic E-state index is 12.8. The van der Waals surface area contributed by atoms with Crippen molar-refractivity contribution in [3.8, 4) is 11.5 Å². The zero-order valence-electron chi connectivity index (χ0n) is 13.3. The Morgan fingerprint density at radius 3 is 2.08 bits per heavy atom. The molecule has 0 aromatic heterocycles. The number of ether oxygens (including phenoxy) is 1. The summed E-state index contributed by atoms with van der Waals surface area (Å²) in [7, 11) is 0. The maximum absolute atomic E-state index is 12.8. The average molecular weight is 348 g/mol. The Kier molecular flexibility index (Phi) is 5.56. The first-order valence-electron chi connectivity index (χ1n) is 7.29. The molecule has 0 bridgehead atoms. The smallest absolute Gasteiger partial charge is 0.405 e. The third-order valence-electron chi connectivity index (χ3n) is 3.36. The predicted molar refractivity (Wildman–Crippen MR) is 88.2 cm³/mol. The molecule has 0 heterocycles. The van der Waals surface area contributed by atoms with Gasteiger partial charge in [-0.25, -0.2) is 9.18 Å². The van der Waals surface area contributed by atoms with Crippen LogP contribution in [0.4, 0.5) is 14.9 Å². The standard InChI is InChI=1S/C17H17FN2O5/c1-17(10-21,20-16(23)24)15(22)19-12-4-8-14(9-5-12)25-13-6-2-11(18)3-7-13/h2-9,20-21H,10H2,1H3,(H,19,22)(H,23,24)/t17-/m0/s1. The molecule has 0 fully saturated rings. The van der Waals surface area contributed by atoms with E-state index in [2.05, 4.69) is 5.32 Å². The summed E-state index contributed by atoms with van der Waals surface area (Å²) in [4.78, 5) is 22.9. The molecule has 2 amide bonds. The molecule has 7 nitrogen and oxygen atoms in total. The Hall–Kier alpha value is -3.13. The minimum Gasteiger partial charge on any atom is -0.465 e. The summed E-state index contributed by atoms with van der Waals surface area (Å²) in [6.07, 6.45) is -1.42. The van der Waals surface area contributed by atoms with Crippen LogP contribution in [-0.4, -0.2) is 34.4 Å². The van der Waals surface area contributed by atoms with Gasteiger partial charge in [0.1, 0.15) is 22.9 Å². The number of amides is 2. The van der Waals surface area contributed by atoms with E-state index >= 15 is 0 Å². The lowest BCUT2D eigenvalue weighted by molar-refractivity contribution is -0.123. The van der Waals surface area contributed by atoms with E-state index in [1.54, 1.807) is 24.3 Å². The van der Waals surface area contributed by atoms with E-state index < -0.39 is 24.1 Å². The molecular weight excluding hydrogens is 331 g/mol. The third-order valence-corrected chi connectivity index (χ3v) is 3.36. The molecule has 2 rings (SSSR count). The van der Waals surface area contributed by atoms with E-state index in [9.17, 15) is 19.1 Å². The molecule has 0 saturated heterocycles. The summed E-state index contributed by atoms with van der Waals surface area (Å²) in [5.41, 5.74) is -1.28. The van der Waals surface area contributed by atoms with Gasteiger partial charge in [-0.3, -0.25) is 4.79 Å². The number of anilines is 1. The van der Waals surface area contributed by atoms with E-state index in [1.807, 2.05) is 5.32 Å². The van der Waals surface area contributed by atoms with Gasteiger partial charge in [-0.15, -0.1) is 0 Å². The average Bonchev–Trinajstić information content (AvgIpc) is 2.58. The Balaban J connectivity index is 2.03. The van der Waals surface area contributed by atoms with Crippen molar-refractivity contribution in [2.75, 3.05) is 11.9 Å². The summed E-state index contributed by atoms with van der Waals surface area (Å²) in [5, 5.41) is 22.5. The highest BCUT2D eigenvalue weighted by atomic mass is 19.1. The van der Waals surface area contributed by atoms with Crippen molar-refractivity contribution in [2.45, 2.75) is 12.5 Å². The highest BCUT2D eigenvalue weighted by molar-refractivity contribution is 5.99. The summed E-state index contributed by atoms with van der Waals surface area (Å²) in [6, 6.07) is 11.8. The van der Waals surface area contributed by atoms with E-state index in [1.165, 1.54) is 31.2 Å². The van der Waals surface area contributed by atoms with E-state index in [0.29, 0.717) is 17.2 Å². The van der Waals surface area contributed by atoms with Crippen LogP contribution < -0.4 is 15.4 Å². The molecule has 0 saturated carbocycles. The number of aliphatic hydroxyl groups excluding tert-OH is 1. The quantitative estimate of drug-likeness (QED) is 0.642. The molecule has 0 aliphatic heterocycles. The number of hydrogen-bond donors (Lipinski definition) is 4. The van der Waals surface area contributed by atoms with Crippen molar-refractivity contribution >= 4 is 17.7 Å². The van der Waals surface area contributed by atoms with Crippen molar-refractivity contribution in [3.05, 3.63) is 54.3 Å². The fourth-order valence-corrected chi connectivity index (χ4v) is 1.92. The van der Waals surface area contributed by atoms with Gasteiger partial charge < -0.3 is 25.6 Å². The van der Waals surface area contributed by atoms with Crippen molar-refractivity contribution in [2.24, 2.45) is 0 Å². The number of hydrogen-bond acceptors (Lipinski definition) is 4. The summed E-state index contributed by atoms with van der Waals surface area (Å²) < 4.78 is 18.4. The van der Waals surface area contributed by atoms with Crippen LogP contribution in [0.25, 0.3) is 0 Å². The third kappa shape index (κ3) is 4.92. The lowest BCUT2D eigenvalue weighted by Crippen LogP contribution is -2.56. The molecule has 2 aromatic rings. The lowest BCUT2D eigenvalue weighted by Gasteiger charge is -2.25. The monoisotopic (exact) mass is 348 g/mol. The maximum Gasteiger partial charge on any atom is 0.405 e. The zero-order valence-corrected chi connectivity index (χ0v) is 13.3. The van der Waals surface area contributed by atoms with E-state index in [0.717, 1.165) is 0 Å². The van der Waals surface area contributed by atoms with Crippen LogP contribution in [0.5, 0.6) is 11.5 Å². The number of carbonyl (C=O) groups is 2. The molecule has 0 radical (unpaired) electrons. The highest BCUT2D eigenvalue weighted by Gasteiger charge is 2.34. The number of carboxylic acid groups (broad SMARTS) is 1. The Morgan fingerprint density at radius 2 is 1.60 bits per heavy atom. The molecule has 0 unspecified atom stereocenters. The molecule has 0 spiro atoms. The first kappa shape index (κ1) is 18.2. The first-order valence-corrected chi connectivity index (χ1v) is 7.29. The molecule has 2 aromatic carbocycles. The van der Waals surface area contributed by atoms with Gasteiger partial charge in [-0.1, -0.05) is 0 Å². The normalized spacial score (nSPS) is 12.8. The Bertz CT molecular complexity index is 749.